The maximum absolute atomic E-state index is 12.6. The number of rotatable bonds is 5. The number of methoxy groups -OCH3 is 1. The Labute approximate surface area is 129 Å². The Balaban J connectivity index is 2.40. The number of aromatic nitrogens is 2. The first-order chi connectivity index (χ1) is 9.54. The van der Waals surface area contributed by atoms with Crippen LogP contribution in [0.5, 0.6) is 0 Å². The van der Waals surface area contributed by atoms with Crippen molar-refractivity contribution in [3.8, 4) is 0 Å². The van der Waals surface area contributed by atoms with Crippen LogP contribution in [-0.2, 0) is 11.3 Å². The van der Waals surface area contributed by atoms with E-state index >= 15 is 0 Å². The molecule has 2 rings (SSSR count). The Hall–Kier alpha value is -1.37. The molecule has 0 aliphatic heterocycles. The molecule has 0 fully saturated rings. The van der Waals surface area contributed by atoms with Gasteiger partial charge in [-0.15, -0.1) is 0 Å². The number of nitrogens with two attached hydrogens (primary N) is 1. The van der Waals surface area contributed by atoms with Gasteiger partial charge in [0, 0.05) is 22.8 Å². The number of carbonyl (C=O) groups is 1. The highest BCUT2D eigenvalue weighted by Crippen LogP contribution is 2.24. The maximum Gasteiger partial charge on any atom is 0.214 e. The van der Waals surface area contributed by atoms with Crippen molar-refractivity contribution in [3.05, 3.63) is 45.1 Å². The van der Waals surface area contributed by atoms with Crippen LogP contribution in [0.3, 0.4) is 0 Å². The fourth-order valence-electron chi connectivity index (χ4n) is 1.80. The van der Waals surface area contributed by atoms with Crippen LogP contribution in [0.25, 0.3) is 0 Å². The van der Waals surface area contributed by atoms with Gasteiger partial charge in [0.15, 0.2) is 0 Å². The normalized spacial score (nSPS) is 10.8. The van der Waals surface area contributed by atoms with Crippen LogP contribution in [-0.4, -0.2) is 29.3 Å². The molecule has 20 heavy (non-hydrogen) atoms. The van der Waals surface area contributed by atoms with Gasteiger partial charge in [-0.25, -0.2) is 0 Å². The lowest BCUT2D eigenvalue weighted by Gasteiger charge is -2.09. The number of halogens is 2. The minimum atomic E-state index is -0.256. The second-order valence-corrected chi connectivity index (χ2v) is 5.44. The number of hydrogen-bond acceptors (Lipinski definition) is 4. The Morgan fingerprint density at radius 3 is 2.95 bits per heavy atom. The fourth-order valence-corrected chi connectivity index (χ4v) is 2.41. The number of benzene rings is 1. The average molecular weight is 359 g/mol. The molecule has 0 bridgehead atoms. The second-order valence-electron chi connectivity index (χ2n) is 4.12. The summed E-state index contributed by atoms with van der Waals surface area (Å²) >= 11 is 9.36. The van der Waals surface area contributed by atoms with Crippen molar-refractivity contribution in [2.75, 3.05) is 19.5 Å². The van der Waals surface area contributed by atoms with Crippen LogP contribution in [0.15, 0.2) is 28.9 Å². The molecule has 0 atom stereocenters. The molecule has 0 saturated carbocycles. The van der Waals surface area contributed by atoms with Crippen LogP contribution >= 0.6 is 27.5 Å². The zero-order valence-corrected chi connectivity index (χ0v) is 13.1. The molecule has 1 heterocycles. The van der Waals surface area contributed by atoms with E-state index in [1.165, 1.54) is 10.9 Å². The third-order valence-corrected chi connectivity index (χ3v) is 3.55. The molecule has 0 aliphatic carbocycles. The molecule has 0 saturated heterocycles. The van der Waals surface area contributed by atoms with Crippen LogP contribution in [0.2, 0.25) is 5.02 Å². The van der Waals surface area contributed by atoms with Crippen molar-refractivity contribution in [2.45, 2.75) is 6.54 Å². The van der Waals surface area contributed by atoms with Gasteiger partial charge in [-0.05, 0) is 18.2 Å². The zero-order chi connectivity index (χ0) is 14.7. The van der Waals surface area contributed by atoms with Crippen molar-refractivity contribution in [1.29, 1.82) is 0 Å². The number of hydrogen-bond donors (Lipinski definition) is 1. The molecule has 0 aliphatic rings. The van der Waals surface area contributed by atoms with E-state index in [0.29, 0.717) is 35.1 Å². The minimum absolute atomic E-state index is 0.256. The molecular formula is C13H13BrClN3O2. The van der Waals surface area contributed by atoms with Crippen molar-refractivity contribution in [3.63, 3.8) is 0 Å². The van der Waals surface area contributed by atoms with E-state index in [1.807, 2.05) is 0 Å². The topological polar surface area (TPSA) is 70.1 Å². The van der Waals surface area contributed by atoms with E-state index in [9.17, 15) is 4.79 Å². The highest BCUT2D eigenvalue weighted by Gasteiger charge is 2.21. The molecule has 0 unspecified atom stereocenters. The van der Waals surface area contributed by atoms with Crippen LogP contribution in [0.4, 0.5) is 5.69 Å². The second kappa shape index (κ2) is 6.39. The van der Waals surface area contributed by atoms with Gasteiger partial charge in [0.1, 0.15) is 5.69 Å². The SMILES string of the molecule is COCCn1ncc(Cl)c1C(=O)c1ccc(Br)cc1N. The standard InChI is InChI=1S/C13H13BrClN3O2/c1-20-5-4-18-12(10(15)7-17-18)13(19)9-3-2-8(14)6-11(9)16/h2-3,6-7H,4-5,16H2,1H3. The molecule has 2 N–H and O–H groups in total. The van der Waals surface area contributed by atoms with Crippen molar-refractivity contribution >= 4 is 39.0 Å². The van der Waals surface area contributed by atoms with Gasteiger partial charge in [-0.3, -0.25) is 9.48 Å². The predicted octanol–water partition coefficient (Wildman–Crippen LogP) is 2.76. The van der Waals surface area contributed by atoms with Crippen molar-refractivity contribution in [2.24, 2.45) is 0 Å². The predicted molar refractivity (Wildman–Crippen MR) is 81.1 cm³/mol. The van der Waals surface area contributed by atoms with Crippen LogP contribution in [0, 0.1) is 0 Å². The summed E-state index contributed by atoms with van der Waals surface area (Å²) in [5.41, 5.74) is 6.98. The first kappa shape index (κ1) is 15.0. The highest BCUT2D eigenvalue weighted by molar-refractivity contribution is 9.10. The van der Waals surface area contributed by atoms with Crippen LogP contribution < -0.4 is 5.73 Å². The first-order valence-electron chi connectivity index (χ1n) is 5.84. The van der Waals surface area contributed by atoms with Gasteiger partial charge in [0.05, 0.1) is 24.4 Å². The minimum Gasteiger partial charge on any atom is -0.398 e. The van der Waals surface area contributed by atoms with E-state index in [0.717, 1.165) is 4.47 Å². The third-order valence-electron chi connectivity index (χ3n) is 2.78. The van der Waals surface area contributed by atoms with Crippen molar-refractivity contribution < 1.29 is 9.53 Å². The summed E-state index contributed by atoms with van der Waals surface area (Å²) in [5, 5.41) is 4.38. The maximum atomic E-state index is 12.6. The summed E-state index contributed by atoms with van der Waals surface area (Å²) in [6, 6.07) is 5.09. The molecule has 1 aromatic carbocycles. The number of carbonyl (C=O) groups excluding carboxylic acids is 1. The van der Waals surface area contributed by atoms with E-state index < -0.39 is 0 Å². The fraction of sp³-hybridized carbons (Fsp3) is 0.231. The van der Waals surface area contributed by atoms with Gasteiger partial charge in [0.25, 0.3) is 0 Å². The summed E-state index contributed by atoms with van der Waals surface area (Å²) in [4.78, 5) is 12.6. The molecule has 2 aromatic rings. The largest absolute Gasteiger partial charge is 0.398 e. The molecule has 0 amide bonds. The molecule has 1 aromatic heterocycles. The summed E-state index contributed by atoms with van der Waals surface area (Å²) < 4.78 is 7.32. The molecule has 106 valence electrons. The van der Waals surface area contributed by atoms with E-state index in [4.69, 9.17) is 22.1 Å². The molecule has 5 nitrogen and oxygen atoms in total. The van der Waals surface area contributed by atoms with Gasteiger partial charge in [-0.2, -0.15) is 5.10 Å². The monoisotopic (exact) mass is 357 g/mol. The number of ketones is 1. The van der Waals surface area contributed by atoms with Gasteiger partial charge in [-0.1, -0.05) is 27.5 Å². The van der Waals surface area contributed by atoms with E-state index in [1.54, 1.807) is 25.3 Å². The van der Waals surface area contributed by atoms with Gasteiger partial charge >= 0.3 is 0 Å². The van der Waals surface area contributed by atoms with E-state index in [-0.39, 0.29) is 5.78 Å². The summed E-state index contributed by atoms with van der Waals surface area (Å²) in [5.74, 6) is -0.256. The summed E-state index contributed by atoms with van der Waals surface area (Å²) in [6.07, 6.45) is 1.44. The number of nitrogens with zero attached hydrogens (tertiary/aromatic N) is 2. The smallest absolute Gasteiger partial charge is 0.214 e. The zero-order valence-electron chi connectivity index (χ0n) is 10.8. The first-order valence-corrected chi connectivity index (χ1v) is 7.01. The Morgan fingerprint density at radius 2 is 2.30 bits per heavy atom. The quantitative estimate of drug-likeness (QED) is 0.659. The van der Waals surface area contributed by atoms with E-state index in [2.05, 4.69) is 21.0 Å². The Morgan fingerprint density at radius 1 is 1.55 bits per heavy atom. The number of ether oxygens (including phenoxy) is 1. The Kier molecular flexibility index (Phi) is 4.80. The van der Waals surface area contributed by atoms with Crippen molar-refractivity contribution in [1.82, 2.24) is 9.78 Å². The molecular weight excluding hydrogens is 346 g/mol. The summed E-state index contributed by atoms with van der Waals surface area (Å²) in [6.45, 7) is 0.884. The van der Waals surface area contributed by atoms with Crippen LogP contribution in [0.1, 0.15) is 16.1 Å². The lowest BCUT2D eigenvalue weighted by molar-refractivity contribution is 0.102. The molecule has 0 spiro atoms. The summed E-state index contributed by atoms with van der Waals surface area (Å²) in [7, 11) is 1.58. The van der Waals surface area contributed by atoms with Gasteiger partial charge < -0.3 is 10.5 Å². The lowest BCUT2D eigenvalue weighted by Crippen LogP contribution is -2.15. The third kappa shape index (κ3) is 3.03. The number of anilines is 1. The Bertz CT molecular complexity index is 643. The van der Waals surface area contributed by atoms with Gasteiger partial charge in [0.2, 0.25) is 5.78 Å². The molecule has 7 heteroatoms. The lowest BCUT2D eigenvalue weighted by atomic mass is 10.1. The molecule has 0 radical (unpaired) electrons. The highest BCUT2D eigenvalue weighted by atomic mass is 79.9. The number of nitrogen functional groups attached to an aromatic ring is 1. The average Bonchev–Trinajstić information content (AvgIpc) is 2.77.